The maximum Gasteiger partial charge on any atom is 0.253 e. The van der Waals surface area contributed by atoms with E-state index in [0.717, 1.165) is 48.4 Å². The number of hydrogen-bond acceptors (Lipinski definition) is 8. The Bertz CT molecular complexity index is 1420. The molecule has 1 aromatic heterocycles. The van der Waals surface area contributed by atoms with Gasteiger partial charge in [0.25, 0.3) is 5.91 Å². The molecule has 5 rings (SSSR count). The van der Waals surface area contributed by atoms with E-state index in [1.54, 1.807) is 33.4 Å². The van der Waals surface area contributed by atoms with Crippen molar-refractivity contribution in [1.82, 2.24) is 20.1 Å². The number of hydrogen-bond donors (Lipinski definition) is 3. The van der Waals surface area contributed by atoms with Crippen LogP contribution in [0.1, 0.15) is 46.8 Å². The van der Waals surface area contributed by atoms with Gasteiger partial charge >= 0.3 is 0 Å². The summed E-state index contributed by atoms with van der Waals surface area (Å²) in [5.41, 5.74) is 4.85. The van der Waals surface area contributed by atoms with Crippen LogP contribution in [0.25, 0.3) is 0 Å². The molecule has 1 unspecified atom stereocenters. The molecule has 1 saturated heterocycles. The minimum atomic E-state index is -0.785. The quantitative estimate of drug-likeness (QED) is 0.290. The average molecular weight is 602 g/mol. The molecule has 10 nitrogen and oxygen atoms in total. The van der Waals surface area contributed by atoms with Crippen LogP contribution in [0.5, 0.6) is 11.5 Å². The van der Waals surface area contributed by atoms with Gasteiger partial charge in [0.1, 0.15) is 11.5 Å². The highest BCUT2D eigenvalue weighted by Crippen LogP contribution is 2.30. The highest BCUT2D eigenvalue weighted by Gasteiger charge is 2.29. The predicted molar refractivity (Wildman–Crippen MR) is 169 cm³/mol. The predicted octanol–water partition coefficient (Wildman–Crippen LogP) is 3.28. The number of aliphatic hydroxyl groups is 1. The van der Waals surface area contributed by atoms with Crippen LogP contribution in [-0.4, -0.2) is 90.3 Å². The third-order valence-corrected chi connectivity index (χ3v) is 8.67. The van der Waals surface area contributed by atoms with Gasteiger partial charge in [-0.2, -0.15) is 0 Å². The number of anilines is 1. The number of fused-ring (bicyclic) bond motifs is 1. The van der Waals surface area contributed by atoms with Gasteiger partial charge in [-0.15, -0.1) is 0 Å². The van der Waals surface area contributed by atoms with E-state index in [1.807, 2.05) is 23.1 Å². The third kappa shape index (κ3) is 7.86. The van der Waals surface area contributed by atoms with Crippen molar-refractivity contribution in [3.63, 3.8) is 0 Å². The number of likely N-dealkylation sites (tertiary alicyclic amines) is 1. The monoisotopic (exact) mass is 601 g/mol. The minimum Gasteiger partial charge on any atom is -0.497 e. The number of nitrogens with zero attached hydrogens (tertiary/aromatic N) is 3. The summed E-state index contributed by atoms with van der Waals surface area (Å²) < 4.78 is 11.0. The molecule has 3 N–H and O–H groups in total. The molecule has 1 atom stereocenters. The van der Waals surface area contributed by atoms with Crippen molar-refractivity contribution >= 4 is 17.5 Å². The summed E-state index contributed by atoms with van der Waals surface area (Å²) in [4.78, 5) is 33.1. The Morgan fingerprint density at radius 3 is 2.43 bits per heavy atom. The fourth-order valence-electron chi connectivity index (χ4n) is 6.20. The number of amides is 2. The van der Waals surface area contributed by atoms with Crippen molar-refractivity contribution in [2.45, 2.75) is 57.3 Å². The molecular weight excluding hydrogens is 558 g/mol. The molecule has 234 valence electrons. The Kier molecular flexibility index (Phi) is 10.3. The smallest absolute Gasteiger partial charge is 0.253 e. The fraction of sp³-hybridized carbons (Fsp3) is 0.441. The fourth-order valence-corrected chi connectivity index (χ4v) is 6.20. The second-order valence-electron chi connectivity index (χ2n) is 11.7. The van der Waals surface area contributed by atoms with Gasteiger partial charge in [0.05, 0.1) is 31.6 Å². The van der Waals surface area contributed by atoms with E-state index in [2.05, 4.69) is 44.8 Å². The van der Waals surface area contributed by atoms with E-state index in [9.17, 15) is 14.7 Å². The van der Waals surface area contributed by atoms with Crippen molar-refractivity contribution in [2.75, 3.05) is 45.7 Å². The summed E-state index contributed by atoms with van der Waals surface area (Å²) in [6.45, 7) is 4.10. The highest BCUT2D eigenvalue weighted by molar-refractivity contribution is 5.94. The zero-order valence-corrected chi connectivity index (χ0v) is 25.8. The zero-order chi connectivity index (χ0) is 31.1. The Morgan fingerprint density at radius 2 is 1.77 bits per heavy atom. The normalized spacial score (nSPS) is 16.0. The SMILES string of the molecule is COc1ccc(CN(CC(O)CNC(=O)c2cncc(NC3CCN(C(C)=O)CC3)c2)C2Cc3ccccc3C2)c(OC)c1. The molecule has 2 heterocycles. The molecule has 2 aliphatic rings. The Labute approximate surface area is 259 Å². The first-order valence-corrected chi connectivity index (χ1v) is 15.3. The van der Waals surface area contributed by atoms with Gasteiger partial charge in [0, 0.05) is 75.8 Å². The lowest BCUT2D eigenvalue weighted by Crippen LogP contribution is -2.44. The van der Waals surface area contributed by atoms with Crippen LogP contribution in [0, 0.1) is 0 Å². The first-order chi connectivity index (χ1) is 21.3. The van der Waals surface area contributed by atoms with Crippen molar-refractivity contribution in [2.24, 2.45) is 0 Å². The van der Waals surface area contributed by atoms with E-state index in [0.29, 0.717) is 31.7 Å². The van der Waals surface area contributed by atoms with E-state index >= 15 is 0 Å². The summed E-state index contributed by atoms with van der Waals surface area (Å²) in [6.07, 6.45) is 5.92. The number of benzene rings is 2. The van der Waals surface area contributed by atoms with Crippen molar-refractivity contribution in [1.29, 1.82) is 0 Å². The number of methoxy groups -OCH3 is 2. The number of piperidine rings is 1. The van der Waals surface area contributed by atoms with Crippen LogP contribution >= 0.6 is 0 Å². The van der Waals surface area contributed by atoms with Gasteiger partial charge in [-0.3, -0.25) is 19.5 Å². The molecule has 0 radical (unpaired) electrons. The summed E-state index contributed by atoms with van der Waals surface area (Å²) in [5, 5.41) is 17.5. The molecule has 0 saturated carbocycles. The van der Waals surface area contributed by atoms with Crippen LogP contribution in [0.3, 0.4) is 0 Å². The summed E-state index contributed by atoms with van der Waals surface area (Å²) in [5.74, 6) is 1.27. The number of nitrogens with one attached hydrogen (secondary N) is 2. The number of aromatic nitrogens is 1. The largest absolute Gasteiger partial charge is 0.497 e. The molecule has 3 aromatic rings. The summed E-state index contributed by atoms with van der Waals surface area (Å²) >= 11 is 0. The van der Waals surface area contributed by atoms with Gasteiger partial charge in [0.15, 0.2) is 0 Å². The molecule has 1 aliphatic carbocycles. The van der Waals surface area contributed by atoms with Crippen LogP contribution in [-0.2, 0) is 24.2 Å². The highest BCUT2D eigenvalue weighted by atomic mass is 16.5. The van der Waals surface area contributed by atoms with Crippen LogP contribution in [0.4, 0.5) is 5.69 Å². The molecule has 10 heteroatoms. The maximum absolute atomic E-state index is 13.1. The number of pyridine rings is 1. The lowest BCUT2D eigenvalue weighted by molar-refractivity contribution is -0.129. The lowest BCUT2D eigenvalue weighted by atomic mass is 10.0. The van der Waals surface area contributed by atoms with Gasteiger partial charge in [-0.1, -0.05) is 30.3 Å². The molecule has 0 bridgehead atoms. The molecule has 2 aromatic carbocycles. The lowest BCUT2D eigenvalue weighted by Gasteiger charge is -2.32. The molecule has 2 amide bonds. The summed E-state index contributed by atoms with van der Waals surface area (Å²) in [6, 6.07) is 16.5. The molecule has 1 fully saturated rings. The van der Waals surface area contributed by atoms with E-state index in [-0.39, 0.29) is 30.4 Å². The first kappa shape index (κ1) is 31.3. The van der Waals surface area contributed by atoms with Crippen molar-refractivity contribution < 1.29 is 24.2 Å². The van der Waals surface area contributed by atoms with Crippen LogP contribution < -0.4 is 20.1 Å². The van der Waals surface area contributed by atoms with E-state index < -0.39 is 6.10 Å². The number of aliphatic hydroxyl groups excluding tert-OH is 1. The molecular formula is C34H43N5O5. The minimum absolute atomic E-state index is 0.0999. The standard InChI is InChI=1S/C34H43N5O5/c1-23(40)38-12-10-28(11-13-38)37-29-14-27(18-35-19-29)34(42)36-20-31(41)22-39(30-15-24-6-4-5-7-25(24)16-30)21-26-8-9-32(43-2)17-33(26)44-3/h4-9,14,17-19,28,30-31,37,41H,10-13,15-16,20-22H2,1-3H3,(H,36,42). The van der Waals surface area contributed by atoms with Gasteiger partial charge in [0.2, 0.25) is 5.91 Å². The van der Waals surface area contributed by atoms with E-state index in [1.165, 1.54) is 17.3 Å². The molecule has 44 heavy (non-hydrogen) atoms. The Balaban J connectivity index is 1.20. The molecule has 1 aliphatic heterocycles. The number of carbonyl (C=O) groups excluding carboxylic acids is 2. The average Bonchev–Trinajstić information content (AvgIpc) is 3.48. The number of ether oxygens (including phenoxy) is 2. The number of carbonyl (C=O) groups is 2. The zero-order valence-electron chi connectivity index (χ0n) is 25.8. The van der Waals surface area contributed by atoms with Gasteiger partial charge < -0.3 is 30.1 Å². The maximum atomic E-state index is 13.1. The van der Waals surface area contributed by atoms with Crippen LogP contribution in [0.15, 0.2) is 60.9 Å². The first-order valence-electron chi connectivity index (χ1n) is 15.3. The van der Waals surface area contributed by atoms with Crippen LogP contribution in [0.2, 0.25) is 0 Å². The summed E-state index contributed by atoms with van der Waals surface area (Å²) in [7, 11) is 3.28. The van der Waals surface area contributed by atoms with Crippen molar-refractivity contribution in [3.8, 4) is 11.5 Å². The second kappa shape index (κ2) is 14.5. The molecule has 0 spiro atoms. The van der Waals surface area contributed by atoms with Gasteiger partial charge in [-0.05, 0) is 48.9 Å². The third-order valence-electron chi connectivity index (χ3n) is 8.67. The Morgan fingerprint density at radius 1 is 1.05 bits per heavy atom. The van der Waals surface area contributed by atoms with Gasteiger partial charge in [-0.25, -0.2) is 0 Å². The number of rotatable bonds is 12. The second-order valence-corrected chi connectivity index (χ2v) is 11.7. The van der Waals surface area contributed by atoms with Crippen molar-refractivity contribution in [3.05, 3.63) is 83.2 Å². The van der Waals surface area contributed by atoms with E-state index in [4.69, 9.17) is 9.47 Å². The topological polar surface area (TPSA) is 116 Å². The Hall–Kier alpha value is -4.15.